The molecule has 0 radical (unpaired) electrons. The largest absolute Gasteiger partial charge is 0.382 e. The van der Waals surface area contributed by atoms with Crippen molar-refractivity contribution in [2.45, 2.75) is 57.5 Å². The Hall–Kier alpha value is -1.81. The van der Waals surface area contributed by atoms with Crippen molar-refractivity contribution in [3.05, 3.63) is 12.7 Å². The minimum Gasteiger partial charge on any atom is -0.382 e. The van der Waals surface area contributed by atoms with Crippen LogP contribution in [0.15, 0.2) is 12.7 Å². The number of nitrogens with one attached hydrogen (secondary N) is 1. The summed E-state index contributed by atoms with van der Waals surface area (Å²) in [6.45, 7) is 7.61. The summed E-state index contributed by atoms with van der Waals surface area (Å²) >= 11 is 0. The Morgan fingerprint density at radius 1 is 1.24 bits per heavy atom. The van der Waals surface area contributed by atoms with Crippen molar-refractivity contribution in [2.75, 3.05) is 18.8 Å². The van der Waals surface area contributed by atoms with Crippen LogP contribution in [0.3, 0.4) is 0 Å². The Bertz CT molecular complexity index is 763. The van der Waals surface area contributed by atoms with Gasteiger partial charge in [0.25, 0.3) is 0 Å². The van der Waals surface area contributed by atoms with Crippen LogP contribution < -0.4 is 11.1 Å². The standard InChI is InChI=1S/C16H24N6O3/c1-4-5-18-6-9-11-12(25-16(2,3)24-11)15(23-9)22-8-21-10-13(17)19-7-20-14(10)22/h7-9,11-12,15,18H,4-6H2,1-3H3,(H2,17,19,20)/t9?,11-,12?,15?/m1/s1. The molecule has 2 saturated heterocycles. The zero-order valence-corrected chi connectivity index (χ0v) is 14.7. The van der Waals surface area contributed by atoms with Gasteiger partial charge in [-0.3, -0.25) is 4.57 Å². The molecule has 0 spiro atoms. The van der Waals surface area contributed by atoms with Gasteiger partial charge in [0.1, 0.15) is 30.2 Å². The molecule has 2 aromatic rings. The van der Waals surface area contributed by atoms with Crippen molar-refractivity contribution in [1.82, 2.24) is 24.8 Å². The third-order valence-electron chi connectivity index (χ3n) is 4.56. The lowest BCUT2D eigenvalue weighted by Crippen LogP contribution is -2.37. The van der Waals surface area contributed by atoms with Gasteiger partial charge in [-0.05, 0) is 26.8 Å². The molecule has 4 rings (SSSR count). The van der Waals surface area contributed by atoms with E-state index in [0.717, 1.165) is 13.0 Å². The first-order chi connectivity index (χ1) is 12.0. The average Bonchev–Trinajstić information content (AvgIpc) is 3.20. The summed E-state index contributed by atoms with van der Waals surface area (Å²) < 4.78 is 20.4. The zero-order chi connectivity index (χ0) is 17.6. The number of nitrogens with two attached hydrogens (primary N) is 1. The van der Waals surface area contributed by atoms with E-state index in [1.807, 2.05) is 18.4 Å². The van der Waals surface area contributed by atoms with Crippen LogP contribution in [0.2, 0.25) is 0 Å². The maximum absolute atomic E-state index is 6.27. The lowest BCUT2D eigenvalue weighted by atomic mass is 10.1. The first-order valence-corrected chi connectivity index (χ1v) is 8.65. The maximum atomic E-state index is 6.27. The van der Waals surface area contributed by atoms with Crippen LogP contribution in [0.1, 0.15) is 33.4 Å². The van der Waals surface area contributed by atoms with Gasteiger partial charge in [-0.25, -0.2) is 15.0 Å². The molecule has 2 aromatic heterocycles. The molecule has 136 valence electrons. The number of hydrogen-bond donors (Lipinski definition) is 2. The topological polar surface area (TPSA) is 109 Å². The molecular formula is C16H24N6O3. The molecule has 25 heavy (non-hydrogen) atoms. The van der Waals surface area contributed by atoms with Crippen molar-refractivity contribution < 1.29 is 14.2 Å². The molecule has 4 heterocycles. The normalized spacial score (nSPS) is 30.8. The van der Waals surface area contributed by atoms with Gasteiger partial charge >= 0.3 is 0 Å². The third-order valence-corrected chi connectivity index (χ3v) is 4.56. The van der Waals surface area contributed by atoms with Gasteiger partial charge in [0.05, 0.1) is 6.33 Å². The third kappa shape index (κ3) is 2.86. The molecule has 0 aliphatic carbocycles. The second-order valence-electron chi connectivity index (χ2n) is 6.92. The Balaban J connectivity index is 1.65. The van der Waals surface area contributed by atoms with E-state index in [2.05, 4.69) is 27.2 Å². The van der Waals surface area contributed by atoms with Crippen LogP contribution >= 0.6 is 0 Å². The molecule has 3 N–H and O–H groups in total. The smallest absolute Gasteiger partial charge is 0.167 e. The zero-order valence-electron chi connectivity index (χ0n) is 14.7. The van der Waals surface area contributed by atoms with Crippen LogP contribution in [-0.2, 0) is 14.2 Å². The first kappa shape index (κ1) is 16.6. The molecule has 9 heteroatoms. The van der Waals surface area contributed by atoms with E-state index in [4.69, 9.17) is 19.9 Å². The van der Waals surface area contributed by atoms with E-state index in [1.54, 1.807) is 6.33 Å². The van der Waals surface area contributed by atoms with Gasteiger partial charge in [0.15, 0.2) is 23.5 Å². The van der Waals surface area contributed by atoms with Gasteiger partial charge < -0.3 is 25.3 Å². The highest BCUT2D eigenvalue weighted by atomic mass is 16.8. The van der Waals surface area contributed by atoms with Crippen LogP contribution in [0.25, 0.3) is 11.2 Å². The molecule has 0 saturated carbocycles. The number of ether oxygens (including phenoxy) is 3. The molecule has 0 aromatic carbocycles. The number of hydrogen-bond acceptors (Lipinski definition) is 8. The summed E-state index contributed by atoms with van der Waals surface area (Å²) in [5.41, 5.74) is 7.09. The summed E-state index contributed by atoms with van der Waals surface area (Å²) in [6, 6.07) is 0. The fourth-order valence-corrected chi connectivity index (χ4v) is 3.52. The van der Waals surface area contributed by atoms with Crippen LogP contribution in [0.4, 0.5) is 5.82 Å². The average molecular weight is 348 g/mol. The number of imidazole rings is 1. The molecule has 0 amide bonds. The summed E-state index contributed by atoms with van der Waals surface area (Å²) in [6.07, 6.45) is 3.29. The Morgan fingerprint density at radius 2 is 2.04 bits per heavy atom. The molecule has 2 fully saturated rings. The second kappa shape index (κ2) is 6.17. The summed E-state index contributed by atoms with van der Waals surface area (Å²) in [4.78, 5) is 12.6. The monoisotopic (exact) mass is 348 g/mol. The Morgan fingerprint density at radius 3 is 2.84 bits per heavy atom. The van der Waals surface area contributed by atoms with E-state index in [1.165, 1.54) is 6.33 Å². The summed E-state index contributed by atoms with van der Waals surface area (Å²) in [5.74, 6) is -0.298. The highest BCUT2D eigenvalue weighted by molar-refractivity contribution is 5.81. The van der Waals surface area contributed by atoms with Crippen molar-refractivity contribution in [3.63, 3.8) is 0 Å². The van der Waals surface area contributed by atoms with E-state index < -0.39 is 5.79 Å². The molecule has 2 aliphatic rings. The summed E-state index contributed by atoms with van der Waals surface area (Å²) in [7, 11) is 0. The molecule has 0 bridgehead atoms. The second-order valence-corrected chi connectivity index (χ2v) is 6.92. The van der Waals surface area contributed by atoms with Crippen molar-refractivity contribution >= 4 is 17.0 Å². The molecular weight excluding hydrogens is 324 g/mol. The SMILES string of the molecule is CCCNCC1OC(n2cnc3c(N)ncnc32)C2OC(C)(C)O[C@H]12. The Labute approximate surface area is 145 Å². The Kier molecular flexibility index (Phi) is 4.11. The van der Waals surface area contributed by atoms with Crippen molar-refractivity contribution in [3.8, 4) is 0 Å². The minimum absolute atomic E-state index is 0.111. The number of fused-ring (bicyclic) bond motifs is 2. The predicted molar refractivity (Wildman–Crippen MR) is 90.6 cm³/mol. The van der Waals surface area contributed by atoms with Gasteiger partial charge in [0, 0.05) is 6.54 Å². The quantitative estimate of drug-likeness (QED) is 0.765. The minimum atomic E-state index is -0.648. The van der Waals surface area contributed by atoms with E-state index in [9.17, 15) is 0 Å². The van der Waals surface area contributed by atoms with Crippen molar-refractivity contribution in [2.24, 2.45) is 0 Å². The molecule has 2 aliphatic heterocycles. The van der Waals surface area contributed by atoms with Crippen molar-refractivity contribution in [1.29, 1.82) is 0 Å². The number of aromatic nitrogens is 4. The van der Waals surface area contributed by atoms with E-state index >= 15 is 0 Å². The van der Waals surface area contributed by atoms with E-state index in [0.29, 0.717) is 23.5 Å². The lowest BCUT2D eigenvalue weighted by Gasteiger charge is -2.25. The van der Waals surface area contributed by atoms with E-state index in [-0.39, 0.29) is 24.5 Å². The first-order valence-electron chi connectivity index (χ1n) is 8.65. The number of anilines is 1. The number of nitrogens with zero attached hydrogens (tertiary/aromatic N) is 4. The van der Waals surface area contributed by atoms with Gasteiger partial charge in [0.2, 0.25) is 0 Å². The highest BCUT2D eigenvalue weighted by Crippen LogP contribution is 2.43. The van der Waals surface area contributed by atoms with Gasteiger partial charge in [-0.15, -0.1) is 0 Å². The fraction of sp³-hybridized carbons (Fsp3) is 0.688. The number of rotatable bonds is 5. The highest BCUT2D eigenvalue weighted by Gasteiger charge is 2.55. The molecule has 3 unspecified atom stereocenters. The summed E-state index contributed by atoms with van der Waals surface area (Å²) in [5, 5.41) is 3.40. The number of nitrogen functional groups attached to an aromatic ring is 1. The molecule has 4 atom stereocenters. The van der Waals surface area contributed by atoms with Crippen LogP contribution in [-0.4, -0.2) is 56.7 Å². The van der Waals surface area contributed by atoms with Crippen LogP contribution in [0, 0.1) is 0 Å². The predicted octanol–water partition coefficient (Wildman–Crippen LogP) is 0.826. The maximum Gasteiger partial charge on any atom is 0.167 e. The van der Waals surface area contributed by atoms with Crippen LogP contribution in [0.5, 0.6) is 0 Å². The van der Waals surface area contributed by atoms with Gasteiger partial charge in [-0.2, -0.15) is 0 Å². The lowest BCUT2D eigenvalue weighted by molar-refractivity contribution is -0.195. The van der Waals surface area contributed by atoms with Gasteiger partial charge in [-0.1, -0.05) is 6.92 Å². The molecule has 9 nitrogen and oxygen atoms in total. The fourth-order valence-electron chi connectivity index (χ4n) is 3.52.